The topological polar surface area (TPSA) is 108 Å². The number of hydrogen-bond acceptors (Lipinski definition) is 7. The first-order valence-electron chi connectivity index (χ1n) is 37.3. The molecule has 2 unspecified atom stereocenters. The van der Waals surface area contributed by atoms with Crippen LogP contribution in [0, 0.1) is 0 Å². The Labute approximate surface area is 545 Å². The summed E-state index contributed by atoms with van der Waals surface area (Å²) in [5, 5.41) is 0. The summed E-state index contributed by atoms with van der Waals surface area (Å²) in [5.41, 5.74) is 0. The van der Waals surface area contributed by atoms with E-state index in [1.807, 2.05) is 21.1 Å². The van der Waals surface area contributed by atoms with Gasteiger partial charge in [-0.3, -0.25) is 18.6 Å². The van der Waals surface area contributed by atoms with Crippen molar-refractivity contribution in [1.29, 1.82) is 0 Å². The van der Waals surface area contributed by atoms with E-state index in [-0.39, 0.29) is 25.6 Å². The van der Waals surface area contributed by atoms with Crippen LogP contribution in [0.2, 0.25) is 0 Å². The van der Waals surface area contributed by atoms with Gasteiger partial charge in [0, 0.05) is 12.8 Å². The third-order valence-electron chi connectivity index (χ3n) is 16.4. The number of phosphoric acid groups is 1. The van der Waals surface area contributed by atoms with Crippen molar-refractivity contribution in [3.05, 3.63) is 85.1 Å². The highest BCUT2D eigenvalue weighted by Gasteiger charge is 2.27. The number of esters is 2. The molecule has 0 aromatic carbocycles. The van der Waals surface area contributed by atoms with Crippen LogP contribution < -0.4 is 0 Å². The summed E-state index contributed by atoms with van der Waals surface area (Å²) >= 11 is 0. The van der Waals surface area contributed by atoms with Gasteiger partial charge in [0.2, 0.25) is 0 Å². The minimum absolute atomic E-state index is 0.0302. The molecule has 0 radical (unpaired) electrons. The van der Waals surface area contributed by atoms with Crippen LogP contribution in [-0.4, -0.2) is 74.9 Å². The van der Waals surface area contributed by atoms with E-state index in [2.05, 4.69) is 98.9 Å². The molecule has 0 amide bonds. The van der Waals surface area contributed by atoms with Crippen LogP contribution in [0.4, 0.5) is 0 Å². The fraction of sp³-hybridized carbons (Fsp3) is 0.795. The van der Waals surface area contributed by atoms with E-state index in [1.54, 1.807) is 0 Å². The molecule has 0 aromatic rings. The Bertz CT molecular complexity index is 1760. The minimum atomic E-state index is -4.40. The van der Waals surface area contributed by atoms with E-state index in [0.29, 0.717) is 23.9 Å². The Kier molecular flexibility index (Phi) is 66.4. The summed E-state index contributed by atoms with van der Waals surface area (Å²) in [7, 11) is 1.48. The largest absolute Gasteiger partial charge is 0.472 e. The van der Waals surface area contributed by atoms with Crippen LogP contribution in [0.1, 0.15) is 348 Å². The Balaban J connectivity index is 4.00. The smallest absolute Gasteiger partial charge is 0.462 e. The van der Waals surface area contributed by atoms with E-state index in [0.717, 1.165) is 77.0 Å². The van der Waals surface area contributed by atoms with Gasteiger partial charge in [-0.2, -0.15) is 0 Å². The van der Waals surface area contributed by atoms with Gasteiger partial charge in [0.05, 0.1) is 27.7 Å². The fourth-order valence-corrected chi connectivity index (χ4v) is 11.5. The highest BCUT2D eigenvalue weighted by Crippen LogP contribution is 2.43. The number of likely N-dealkylation sites (N-methyl/N-ethyl adjacent to an activating group) is 1. The Hall–Kier alpha value is -2.81. The molecule has 0 fully saturated rings. The molecule has 512 valence electrons. The van der Waals surface area contributed by atoms with Gasteiger partial charge < -0.3 is 18.9 Å². The van der Waals surface area contributed by atoms with Crippen LogP contribution in [0.5, 0.6) is 0 Å². The third kappa shape index (κ3) is 72.3. The van der Waals surface area contributed by atoms with Crippen LogP contribution in [0.3, 0.4) is 0 Å². The van der Waals surface area contributed by atoms with Crippen molar-refractivity contribution in [2.24, 2.45) is 0 Å². The lowest BCUT2D eigenvalue weighted by molar-refractivity contribution is -0.870. The summed E-state index contributed by atoms with van der Waals surface area (Å²) in [6.07, 6.45) is 94.2. The van der Waals surface area contributed by atoms with Crippen molar-refractivity contribution in [2.45, 2.75) is 354 Å². The van der Waals surface area contributed by atoms with Gasteiger partial charge in [-0.25, -0.2) is 4.57 Å². The van der Waals surface area contributed by atoms with Crippen LogP contribution >= 0.6 is 7.82 Å². The zero-order valence-corrected chi connectivity index (χ0v) is 59.4. The number of rotatable bonds is 69. The molecule has 0 bridgehead atoms. The zero-order valence-electron chi connectivity index (χ0n) is 58.5. The van der Waals surface area contributed by atoms with Crippen LogP contribution in [-0.2, 0) is 32.7 Å². The molecule has 9 nitrogen and oxygen atoms in total. The molecule has 0 saturated carbocycles. The lowest BCUT2D eigenvalue weighted by Gasteiger charge is -2.24. The first kappa shape index (κ1) is 85.2. The molecule has 0 rings (SSSR count). The monoisotopic (exact) mass is 1250 g/mol. The highest BCUT2D eigenvalue weighted by molar-refractivity contribution is 7.47. The number of hydrogen-bond donors (Lipinski definition) is 1. The molecule has 10 heteroatoms. The lowest BCUT2D eigenvalue weighted by atomic mass is 10.0. The Morgan fingerprint density at radius 3 is 0.977 bits per heavy atom. The van der Waals surface area contributed by atoms with Crippen LogP contribution in [0.15, 0.2) is 85.1 Å². The average molecular weight is 1250 g/mol. The summed E-state index contributed by atoms with van der Waals surface area (Å²) < 4.78 is 34.8. The van der Waals surface area contributed by atoms with Gasteiger partial charge in [-0.15, -0.1) is 0 Å². The number of unbranched alkanes of at least 4 members (excludes halogenated alkanes) is 41. The number of phosphoric ester groups is 1. The van der Waals surface area contributed by atoms with E-state index in [9.17, 15) is 19.0 Å². The summed E-state index contributed by atoms with van der Waals surface area (Å²) in [4.78, 5) is 35.9. The predicted molar refractivity (Wildman–Crippen MR) is 381 cm³/mol. The molecule has 0 saturated heterocycles. The minimum Gasteiger partial charge on any atom is -0.462 e. The second-order valence-corrected chi connectivity index (χ2v) is 27.8. The van der Waals surface area contributed by atoms with E-state index < -0.39 is 26.5 Å². The van der Waals surface area contributed by atoms with Crippen molar-refractivity contribution < 1.29 is 42.1 Å². The maximum absolute atomic E-state index is 12.9. The standard InChI is InChI=1S/C78H142NO8P/c1-6-8-10-12-14-16-18-20-22-24-26-28-30-32-34-36-38-39-41-42-44-46-48-50-52-54-56-58-60-62-64-66-68-70-77(80)84-74-76(75-86-88(82,83)85-73-72-79(3,4)5)87-78(81)71-69-67-65-63-61-59-57-55-53-51-49-47-45-43-40-37-35-33-31-29-27-25-23-21-19-17-15-13-11-9-7-2/h9,11,15,17,21,23-24,26-27,29,33,35,40,43,76H,6-8,10,12-14,16,18-20,22,25,28,30-32,34,36-39,41-42,44-75H2,1-5H3/p+1/b11-9-,17-15-,23-21-,26-24-,29-27-,35-33-,43-40-. The van der Waals surface area contributed by atoms with Gasteiger partial charge in [-0.1, -0.05) is 330 Å². The first-order valence-corrected chi connectivity index (χ1v) is 38.8. The summed E-state index contributed by atoms with van der Waals surface area (Å²) in [5.74, 6) is -0.787. The van der Waals surface area contributed by atoms with Crippen molar-refractivity contribution in [1.82, 2.24) is 0 Å². The normalized spacial score (nSPS) is 13.6. The number of allylic oxidation sites excluding steroid dienone is 14. The Morgan fingerprint density at radius 2 is 0.648 bits per heavy atom. The molecular weight excluding hydrogens is 1110 g/mol. The lowest BCUT2D eigenvalue weighted by Crippen LogP contribution is -2.37. The zero-order chi connectivity index (χ0) is 64.1. The van der Waals surface area contributed by atoms with E-state index in [1.165, 1.54) is 238 Å². The predicted octanol–water partition coefficient (Wildman–Crippen LogP) is 24.5. The summed E-state index contributed by atoms with van der Waals surface area (Å²) in [6, 6.07) is 0. The maximum Gasteiger partial charge on any atom is 0.472 e. The highest BCUT2D eigenvalue weighted by atomic mass is 31.2. The molecule has 88 heavy (non-hydrogen) atoms. The SMILES string of the molecule is CC/C=C\C/C=C\C/C=C\C/C=C\C/C=C\C/C=C\CCCCCCCCCCCCCCC(=O)OC(COC(=O)CCCCCCCCCCCCCCCCCCCCCCC/C=C\CCCCCCCCCC)COP(=O)(O)OCC[N+](C)(C)C. The molecule has 0 aromatic heterocycles. The molecule has 0 aliphatic heterocycles. The quantitative estimate of drug-likeness (QED) is 0.0211. The molecule has 0 heterocycles. The summed E-state index contributed by atoms with van der Waals surface area (Å²) in [6.45, 7) is 4.36. The molecule has 0 spiro atoms. The molecule has 1 N–H and O–H groups in total. The van der Waals surface area contributed by atoms with Crippen LogP contribution in [0.25, 0.3) is 0 Å². The van der Waals surface area contributed by atoms with Crippen molar-refractivity contribution in [2.75, 3.05) is 47.5 Å². The number of carbonyl (C=O) groups is 2. The van der Waals surface area contributed by atoms with Crippen molar-refractivity contribution >= 4 is 19.8 Å². The van der Waals surface area contributed by atoms with Crippen molar-refractivity contribution in [3.63, 3.8) is 0 Å². The van der Waals surface area contributed by atoms with Gasteiger partial charge in [0.1, 0.15) is 19.8 Å². The Morgan fingerprint density at radius 1 is 0.364 bits per heavy atom. The van der Waals surface area contributed by atoms with Crippen molar-refractivity contribution in [3.8, 4) is 0 Å². The number of quaternary nitrogens is 1. The second kappa shape index (κ2) is 68.6. The molecule has 2 atom stereocenters. The molecule has 0 aliphatic rings. The van der Waals surface area contributed by atoms with Gasteiger partial charge in [0.15, 0.2) is 6.10 Å². The van der Waals surface area contributed by atoms with Gasteiger partial charge in [0.25, 0.3) is 0 Å². The van der Waals surface area contributed by atoms with E-state index in [4.69, 9.17) is 18.5 Å². The molecule has 0 aliphatic carbocycles. The van der Waals surface area contributed by atoms with E-state index >= 15 is 0 Å². The van der Waals surface area contributed by atoms with Gasteiger partial charge in [-0.05, 0) is 89.9 Å². The van der Waals surface area contributed by atoms with Gasteiger partial charge >= 0.3 is 19.8 Å². The molecular formula is C78H143NO8P+. The number of ether oxygens (including phenoxy) is 2. The average Bonchev–Trinajstić information content (AvgIpc) is 3.68. The second-order valence-electron chi connectivity index (χ2n) is 26.3. The first-order chi connectivity index (χ1) is 43.0. The third-order valence-corrected chi connectivity index (χ3v) is 17.4. The maximum atomic E-state index is 12.9. The fourth-order valence-electron chi connectivity index (χ4n) is 10.7. The number of nitrogens with zero attached hydrogens (tertiary/aromatic N) is 1. The number of carbonyl (C=O) groups excluding carboxylic acids is 2.